The summed E-state index contributed by atoms with van der Waals surface area (Å²) in [5.74, 6) is 0.659. The van der Waals surface area contributed by atoms with E-state index in [4.69, 9.17) is 10.5 Å². The number of ketones is 1. The van der Waals surface area contributed by atoms with E-state index < -0.39 is 0 Å². The van der Waals surface area contributed by atoms with Crippen molar-refractivity contribution in [2.24, 2.45) is 0 Å². The van der Waals surface area contributed by atoms with Gasteiger partial charge in [0.25, 0.3) is 0 Å². The molecule has 110 valence electrons. The second-order valence-electron chi connectivity index (χ2n) is 5.43. The standard InChI is InChI=1S/C18H21NO2/c1-11-7-12(2)15(13(3)8-11)10-18(20)16-9-14(21-4)5-6-17(16)19/h5-9H,10,19H2,1-4H3. The lowest BCUT2D eigenvalue weighted by Gasteiger charge is -2.12. The van der Waals surface area contributed by atoms with Crippen LogP contribution in [0, 0.1) is 20.8 Å². The monoisotopic (exact) mass is 283 g/mol. The van der Waals surface area contributed by atoms with Crippen molar-refractivity contribution in [3.63, 3.8) is 0 Å². The third kappa shape index (κ3) is 3.24. The summed E-state index contributed by atoms with van der Waals surface area (Å²) in [6.45, 7) is 6.14. The summed E-state index contributed by atoms with van der Waals surface area (Å²) < 4.78 is 5.17. The van der Waals surface area contributed by atoms with Crippen molar-refractivity contribution in [1.82, 2.24) is 0 Å². The van der Waals surface area contributed by atoms with Gasteiger partial charge >= 0.3 is 0 Å². The number of benzene rings is 2. The molecule has 0 aliphatic carbocycles. The molecule has 2 N–H and O–H groups in total. The molecular formula is C18H21NO2. The van der Waals surface area contributed by atoms with Crippen molar-refractivity contribution in [3.8, 4) is 5.75 Å². The Hall–Kier alpha value is -2.29. The van der Waals surface area contributed by atoms with Crippen molar-refractivity contribution in [2.45, 2.75) is 27.2 Å². The highest BCUT2D eigenvalue weighted by atomic mass is 16.5. The van der Waals surface area contributed by atoms with Gasteiger partial charge in [0.1, 0.15) is 5.75 Å². The molecule has 0 aliphatic heterocycles. The van der Waals surface area contributed by atoms with Crippen LogP contribution in [0.3, 0.4) is 0 Å². The van der Waals surface area contributed by atoms with E-state index in [2.05, 4.69) is 19.1 Å². The van der Waals surface area contributed by atoms with Crippen LogP contribution >= 0.6 is 0 Å². The average Bonchev–Trinajstić information content (AvgIpc) is 2.43. The number of nitrogens with two attached hydrogens (primary N) is 1. The highest BCUT2D eigenvalue weighted by molar-refractivity contribution is 6.02. The van der Waals surface area contributed by atoms with Crippen LogP contribution in [0.15, 0.2) is 30.3 Å². The quantitative estimate of drug-likeness (QED) is 0.688. The van der Waals surface area contributed by atoms with Gasteiger partial charge in [-0.15, -0.1) is 0 Å². The number of ether oxygens (including phenoxy) is 1. The van der Waals surface area contributed by atoms with Crippen LogP contribution in [-0.2, 0) is 6.42 Å². The lowest BCUT2D eigenvalue weighted by molar-refractivity contribution is 0.0993. The van der Waals surface area contributed by atoms with Crippen LogP contribution in [-0.4, -0.2) is 12.9 Å². The molecule has 2 aromatic carbocycles. The minimum absolute atomic E-state index is 0.0152. The van der Waals surface area contributed by atoms with Gasteiger partial charge < -0.3 is 10.5 Å². The number of hydrogen-bond acceptors (Lipinski definition) is 3. The van der Waals surface area contributed by atoms with Crippen molar-refractivity contribution in [1.29, 1.82) is 0 Å². The topological polar surface area (TPSA) is 52.3 Å². The van der Waals surface area contributed by atoms with E-state index in [1.165, 1.54) is 5.56 Å². The SMILES string of the molecule is COc1ccc(N)c(C(=O)Cc2c(C)cc(C)cc2C)c1. The Morgan fingerprint density at radius 3 is 2.29 bits per heavy atom. The zero-order valence-corrected chi connectivity index (χ0v) is 13.0. The van der Waals surface area contributed by atoms with Gasteiger partial charge in [-0.2, -0.15) is 0 Å². The summed E-state index contributed by atoms with van der Waals surface area (Å²) in [6, 6.07) is 9.38. The fraction of sp³-hybridized carbons (Fsp3) is 0.278. The summed E-state index contributed by atoms with van der Waals surface area (Å²) in [7, 11) is 1.58. The zero-order valence-electron chi connectivity index (χ0n) is 13.0. The molecule has 3 nitrogen and oxygen atoms in total. The first kappa shape index (κ1) is 15.1. The van der Waals surface area contributed by atoms with Gasteiger partial charge in [0.15, 0.2) is 5.78 Å². The number of hydrogen-bond donors (Lipinski definition) is 1. The third-order valence-corrected chi connectivity index (χ3v) is 3.74. The predicted molar refractivity (Wildman–Crippen MR) is 86.1 cm³/mol. The summed E-state index contributed by atoms with van der Waals surface area (Å²) in [5.41, 5.74) is 11.5. The first-order valence-corrected chi connectivity index (χ1v) is 6.96. The predicted octanol–water partition coefficient (Wildman–Crippen LogP) is 3.63. The van der Waals surface area contributed by atoms with Crippen LogP contribution in [0.5, 0.6) is 5.75 Å². The summed E-state index contributed by atoms with van der Waals surface area (Å²) >= 11 is 0. The number of nitrogen functional groups attached to an aromatic ring is 1. The molecule has 0 bridgehead atoms. The first-order valence-electron chi connectivity index (χ1n) is 6.96. The summed E-state index contributed by atoms with van der Waals surface area (Å²) in [4.78, 5) is 12.6. The molecule has 2 aromatic rings. The van der Waals surface area contributed by atoms with E-state index in [-0.39, 0.29) is 5.78 Å². The third-order valence-electron chi connectivity index (χ3n) is 3.74. The van der Waals surface area contributed by atoms with Crippen LogP contribution in [0.2, 0.25) is 0 Å². The molecule has 21 heavy (non-hydrogen) atoms. The molecule has 2 rings (SSSR count). The van der Waals surface area contributed by atoms with Crippen molar-refractivity contribution in [3.05, 3.63) is 58.1 Å². The van der Waals surface area contributed by atoms with Crippen LogP contribution in [0.25, 0.3) is 0 Å². The number of aryl methyl sites for hydroxylation is 3. The summed E-state index contributed by atoms with van der Waals surface area (Å²) in [5, 5.41) is 0. The van der Waals surface area contributed by atoms with Gasteiger partial charge in [0.2, 0.25) is 0 Å². The molecular weight excluding hydrogens is 262 g/mol. The molecule has 0 saturated carbocycles. The average molecular weight is 283 g/mol. The number of rotatable bonds is 4. The molecule has 0 spiro atoms. The van der Waals surface area contributed by atoms with E-state index >= 15 is 0 Å². The summed E-state index contributed by atoms with van der Waals surface area (Å²) in [6.07, 6.45) is 0.356. The van der Waals surface area contributed by atoms with Crippen molar-refractivity contribution in [2.75, 3.05) is 12.8 Å². The number of carbonyl (C=O) groups excluding carboxylic acids is 1. The van der Waals surface area contributed by atoms with Crippen molar-refractivity contribution < 1.29 is 9.53 Å². The van der Waals surface area contributed by atoms with Crippen LogP contribution in [0.4, 0.5) is 5.69 Å². The lowest BCUT2D eigenvalue weighted by Crippen LogP contribution is -2.09. The molecule has 3 heteroatoms. The molecule has 0 radical (unpaired) electrons. The molecule has 0 amide bonds. The molecule has 0 aliphatic rings. The van der Waals surface area contributed by atoms with Gasteiger partial charge in [-0.25, -0.2) is 0 Å². The Morgan fingerprint density at radius 1 is 1.10 bits per heavy atom. The minimum atomic E-state index is 0.0152. The maximum absolute atomic E-state index is 12.6. The molecule has 0 heterocycles. The number of anilines is 1. The van der Waals surface area contributed by atoms with Gasteiger partial charge in [-0.1, -0.05) is 17.7 Å². The van der Waals surface area contributed by atoms with Crippen LogP contribution in [0.1, 0.15) is 32.6 Å². The Kier molecular flexibility index (Phi) is 4.32. The molecule has 0 fully saturated rings. The van der Waals surface area contributed by atoms with E-state index in [0.717, 1.165) is 16.7 Å². The van der Waals surface area contributed by atoms with Gasteiger partial charge in [-0.3, -0.25) is 4.79 Å². The fourth-order valence-corrected chi connectivity index (χ4v) is 2.65. The van der Waals surface area contributed by atoms with E-state index in [1.807, 2.05) is 13.8 Å². The number of Topliss-reactive ketones (excluding diaryl/α,β-unsaturated/α-hetero) is 1. The van der Waals surface area contributed by atoms with E-state index in [0.29, 0.717) is 23.4 Å². The van der Waals surface area contributed by atoms with Gasteiger partial charge in [-0.05, 0) is 55.7 Å². The minimum Gasteiger partial charge on any atom is -0.497 e. The lowest BCUT2D eigenvalue weighted by atomic mass is 9.93. The maximum Gasteiger partial charge on any atom is 0.169 e. The second-order valence-corrected chi connectivity index (χ2v) is 5.43. The molecule has 0 saturated heterocycles. The fourth-order valence-electron chi connectivity index (χ4n) is 2.65. The maximum atomic E-state index is 12.6. The first-order chi connectivity index (χ1) is 9.92. The van der Waals surface area contributed by atoms with E-state index in [9.17, 15) is 4.79 Å². The number of methoxy groups -OCH3 is 1. The second kappa shape index (κ2) is 6.00. The molecule has 0 aromatic heterocycles. The number of carbonyl (C=O) groups is 1. The Morgan fingerprint density at radius 2 is 1.71 bits per heavy atom. The molecule has 0 unspecified atom stereocenters. The zero-order chi connectivity index (χ0) is 15.6. The van der Waals surface area contributed by atoms with E-state index in [1.54, 1.807) is 25.3 Å². The highest BCUT2D eigenvalue weighted by Crippen LogP contribution is 2.23. The Bertz CT molecular complexity index is 667. The van der Waals surface area contributed by atoms with Gasteiger partial charge in [0, 0.05) is 17.7 Å². The largest absolute Gasteiger partial charge is 0.497 e. The van der Waals surface area contributed by atoms with Crippen molar-refractivity contribution >= 4 is 11.5 Å². The smallest absolute Gasteiger partial charge is 0.169 e. The normalized spacial score (nSPS) is 10.5. The molecule has 0 atom stereocenters. The van der Waals surface area contributed by atoms with Crippen LogP contribution < -0.4 is 10.5 Å². The Labute approximate surface area is 125 Å². The Balaban J connectivity index is 2.35. The highest BCUT2D eigenvalue weighted by Gasteiger charge is 2.14. The van der Waals surface area contributed by atoms with Gasteiger partial charge in [0.05, 0.1) is 7.11 Å².